The van der Waals surface area contributed by atoms with Crippen LogP contribution in [0.15, 0.2) is 0 Å². The molecule has 0 radical (unpaired) electrons. The second kappa shape index (κ2) is 5.56. The molecule has 2 aliphatic rings. The molecular formula is C16H34. The van der Waals surface area contributed by atoms with Crippen molar-refractivity contribution >= 4 is 0 Å². The van der Waals surface area contributed by atoms with Crippen LogP contribution in [0.25, 0.3) is 0 Å². The van der Waals surface area contributed by atoms with Crippen molar-refractivity contribution in [3.63, 3.8) is 0 Å². The van der Waals surface area contributed by atoms with Gasteiger partial charge in [-0.15, -0.1) is 0 Å². The molecule has 0 aromatic carbocycles. The van der Waals surface area contributed by atoms with E-state index in [0.717, 1.165) is 17.3 Å². The molecule has 2 saturated carbocycles. The van der Waals surface area contributed by atoms with Crippen molar-refractivity contribution in [3.8, 4) is 0 Å². The molecular weight excluding hydrogens is 192 g/mol. The molecule has 0 bridgehead atoms. The van der Waals surface area contributed by atoms with E-state index in [1.165, 1.54) is 32.1 Å². The molecule has 0 amide bonds. The third-order valence-corrected chi connectivity index (χ3v) is 4.34. The Kier molecular flexibility index (Phi) is 5.56. The Bertz CT molecular complexity index is 188. The lowest BCUT2D eigenvalue weighted by Crippen LogP contribution is -2.31. The fourth-order valence-corrected chi connectivity index (χ4v) is 3.74. The van der Waals surface area contributed by atoms with Gasteiger partial charge in [-0.3, -0.25) is 0 Å². The first-order valence-electron chi connectivity index (χ1n) is 6.76. The minimum atomic E-state index is 0. The highest BCUT2D eigenvalue weighted by Crippen LogP contribution is 2.47. The third kappa shape index (κ3) is 4.47. The van der Waals surface area contributed by atoms with Gasteiger partial charge >= 0.3 is 0 Å². The average molecular weight is 226 g/mol. The predicted molar refractivity (Wildman–Crippen MR) is 75.7 cm³/mol. The third-order valence-electron chi connectivity index (χ3n) is 4.34. The molecule has 98 valence electrons. The van der Waals surface area contributed by atoms with Gasteiger partial charge in [0.1, 0.15) is 0 Å². The zero-order valence-electron chi connectivity index (χ0n) is 11.7. The van der Waals surface area contributed by atoms with Crippen molar-refractivity contribution in [3.05, 3.63) is 0 Å². The maximum Gasteiger partial charge on any atom is -0.0323 e. The summed E-state index contributed by atoms with van der Waals surface area (Å²) in [5, 5.41) is 0. The van der Waals surface area contributed by atoms with Crippen molar-refractivity contribution in [2.75, 3.05) is 0 Å². The minimum absolute atomic E-state index is 0. The van der Waals surface area contributed by atoms with E-state index >= 15 is 0 Å². The molecule has 0 aliphatic heterocycles. The summed E-state index contributed by atoms with van der Waals surface area (Å²) < 4.78 is 0. The van der Waals surface area contributed by atoms with Gasteiger partial charge in [-0.1, -0.05) is 55.4 Å². The maximum atomic E-state index is 2.40. The normalized spacial score (nSPS) is 36.0. The fraction of sp³-hybridized carbons (Fsp3) is 1.00. The van der Waals surface area contributed by atoms with Gasteiger partial charge in [0.15, 0.2) is 0 Å². The molecule has 0 saturated heterocycles. The molecule has 0 aromatic rings. The van der Waals surface area contributed by atoms with Gasteiger partial charge in [-0.25, -0.2) is 0 Å². The van der Waals surface area contributed by atoms with Crippen molar-refractivity contribution in [1.29, 1.82) is 0 Å². The lowest BCUT2D eigenvalue weighted by molar-refractivity contribution is 0.0836. The molecule has 0 spiro atoms. The quantitative estimate of drug-likeness (QED) is 0.521. The maximum absolute atomic E-state index is 2.40. The number of rotatable bonds is 1. The van der Waals surface area contributed by atoms with Gasteiger partial charge in [0.05, 0.1) is 0 Å². The van der Waals surface area contributed by atoms with E-state index in [2.05, 4.69) is 41.5 Å². The van der Waals surface area contributed by atoms with Gasteiger partial charge in [0, 0.05) is 0 Å². The highest BCUT2D eigenvalue weighted by atomic mass is 14.4. The molecule has 0 aromatic heterocycles. The summed E-state index contributed by atoms with van der Waals surface area (Å²) in [4.78, 5) is 0. The fourth-order valence-electron chi connectivity index (χ4n) is 3.74. The molecule has 2 rings (SSSR count). The molecule has 0 atom stereocenters. The number of hydrogen-bond acceptors (Lipinski definition) is 0. The van der Waals surface area contributed by atoms with E-state index in [1.54, 1.807) is 0 Å². The standard InChI is InChI=1S/C8H16.C7H14.CH4/c1-4-8(3)5-7(2)6-8;1-6-4-7(2,3)5-6;/h7H,4-6H2,1-3H3;6H,4-5H2,1-3H3;1H4. The summed E-state index contributed by atoms with van der Waals surface area (Å²) in [5.74, 6) is 2.02. The van der Waals surface area contributed by atoms with Crippen LogP contribution in [-0.4, -0.2) is 0 Å². The van der Waals surface area contributed by atoms with E-state index in [4.69, 9.17) is 0 Å². The Morgan fingerprint density at radius 3 is 1.31 bits per heavy atom. The zero-order valence-corrected chi connectivity index (χ0v) is 11.7. The summed E-state index contributed by atoms with van der Waals surface area (Å²) in [6, 6.07) is 0. The Labute approximate surface area is 104 Å². The smallest absolute Gasteiger partial charge is 0.0323 e. The highest BCUT2D eigenvalue weighted by molar-refractivity contribution is 4.86. The predicted octanol–water partition coefficient (Wildman–Crippen LogP) is 5.91. The van der Waals surface area contributed by atoms with Gasteiger partial charge in [0.25, 0.3) is 0 Å². The Morgan fingerprint density at radius 1 is 0.875 bits per heavy atom. The summed E-state index contributed by atoms with van der Waals surface area (Å²) >= 11 is 0. The molecule has 0 unspecified atom stereocenters. The molecule has 0 nitrogen and oxygen atoms in total. The first-order chi connectivity index (χ1) is 6.76. The first kappa shape index (κ1) is 16.0. The average Bonchev–Trinajstić information content (AvgIpc) is 1.99. The molecule has 0 N–H and O–H groups in total. The highest BCUT2D eigenvalue weighted by Gasteiger charge is 2.35. The second-order valence-electron chi connectivity index (χ2n) is 7.36. The Morgan fingerprint density at radius 2 is 1.25 bits per heavy atom. The van der Waals surface area contributed by atoms with Gasteiger partial charge < -0.3 is 0 Å². The van der Waals surface area contributed by atoms with E-state index in [-0.39, 0.29) is 7.43 Å². The van der Waals surface area contributed by atoms with Crippen LogP contribution in [0.3, 0.4) is 0 Å². The largest absolute Gasteiger partial charge is 0.0776 e. The van der Waals surface area contributed by atoms with Crippen LogP contribution in [0.2, 0.25) is 0 Å². The van der Waals surface area contributed by atoms with E-state index in [9.17, 15) is 0 Å². The van der Waals surface area contributed by atoms with Crippen LogP contribution in [-0.2, 0) is 0 Å². The van der Waals surface area contributed by atoms with Crippen molar-refractivity contribution in [1.82, 2.24) is 0 Å². The van der Waals surface area contributed by atoms with Crippen molar-refractivity contribution in [2.24, 2.45) is 22.7 Å². The lowest BCUT2D eigenvalue weighted by Gasteiger charge is -2.43. The van der Waals surface area contributed by atoms with E-state index < -0.39 is 0 Å². The van der Waals surface area contributed by atoms with Gasteiger partial charge in [-0.2, -0.15) is 0 Å². The zero-order chi connectivity index (χ0) is 11.7. The van der Waals surface area contributed by atoms with Crippen LogP contribution in [0.1, 0.15) is 81.1 Å². The van der Waals surface area contributed by atoms with Crippen molar-refractivity contribution in [2.45, 2.75) is 81.1 Å². The van der Waals surface area contributed by atoms with Crippen LogP contribution in [0, 0.1) is 22.7 Å². The van der Waals surface area contributed by atoms with Crippen LogP contribution < -0.4 is 0 Å². The van der Waals surface area contributed by atoms with Crippen molar-refractivity contribution < 1.29 is 0 Å². The summed E-state index contributed by atoms with van der Waals surface area (Å²) in [7, 11) is 0. The lowest BCUT2D eigenvalue weighted by atomic mass is 9.63. The topological polar surface area (TPSA) is 0 Å². The van der Waals surface area contributed by atoms with E-state index in [1.807, 2.05) is 0 Å². The van der Waals surface area contributed by atoms with Crippen LogP contribution in [0.5, 0.6) is 0 Å². The molecule has 2 fully saturated rings. The Hall–Kier alpha value is 0. The SMILES string of the molecule is C.CC1CC(C)(C)C1.CCC1(C)CC(C)C1. The van der Waals surface area contributed by atoms with Gasteiger partial charge in [0.2, 0.25) is 0 Å². The summed E-state index contributed by atoms with van der Waals surface area (Å²) in [5.41, 5.74) is 1.43. The van der Waals surface area contributed by atoms with Crippen LogP contribution in [0.4, 0.5) is 0 Å². The van der Waals surface area contributed by atoms with E-state index in [0.29, 0.717) is 5.41 Å². The molecule has 2 aliphatic carbocycles. The molecule has 0 heteroatoms. The Balaban J connectivity index is 0.000000267. The van der Waals surface area contributed by atoms with Crippen LogP contribution >= 0.6 is 0 Å². The first-order valence-corrected chi connectivity index (χ1v) is 6.76. The second-order valence-corrected chi connectivity index (χ2v) is 7.36. The minimum Gasteiger partial charge on any atom is -0.0776 e. The summed E-state index contributed by atoms with van der Waals surface area (Å²) in [6.07, 6.45) is 7.17. The molecule has 16 heavy (non-hydrogen) atoms. The molecule has 0 heterocycles. The summed E-state index contributed by atoms with van der Waals surface area (Å²) in [6.45, 7) is 14.0. The monoisotopic (exact) mass is 226 g/mol. The number of hydrogen-bond donors (Lipinski definition) is 0. The van der Waals surface area contributed by atoms with Gasteiger partial charge in [-0.05, 0) is 48.3 Å².